The van der Waals surface area contributed by atoms with Crippen molar-refractivity contribution < 1.29 is 9.90 Å². The maximum Gasteiger partial charge on any atom is 0.313 e. The lowest BCUT2D eigenvalue weighted by atomic mass is 10.1. The van der Waals surface area contributed by atoms with Crippen LogP contribution in [0.3, 0.4) is 0 Å². The third-order valence-corrected chi connectivity index (χ3v) is 5.08. The largest absolute Gasteiger partial charge is 0.481 e. The van der Waals surface area contributed by atoms with Crippen LogP contribution in [0.25, 0.3) is 0 Å². The summed E-state index contributed by atoms with van der Waals surface area (Å²) < 4.78 is 2.17. The van der Waals surface area contributed by atoms with Crippen molar-refractivity contribution in [3.63, 3.8) is 0 Å². The minimum Gasteiger partial charge on any atom is -0.481 e. The summed E-state index contributed by atoms with van der Waals surface area (Å²) in [5.74, 6) is 1.53. The van der Waals surface area contributed by atoms with E-state index < -0.39 is 5.97 Å². The van der Waals surface area contributed by atoms with Crippen LogP contribution in [0.5, 0.6) is 0 Å². The van der Waals surface area contributed by atoms with E-state index in [1.54, 1.807) is 0 Å². The van der Waals surface area contributed by atoms with Crippen molar-refractivity contribution >= 4 is 17.7 Å². The van der Waals surface area contributed by atoms with Crippen molar-refractivity contribution in [1.29, 1.82) is 0 Å². The third-order valence-electron chi connectivity index (χ3n) is 4.13. The minimum atomic E-state index is -0.806. The molecule has 0 saturated heterocycles. The van der Waals surface area contributed by atoms with Crippen molar-refractivity contribution in [3.8, 4) is 0 Å². The van der Waals surface area contributed by atoms with Gasteiger partial charge in [-0.3, -0.25) is 4.79 Å². The SMILES string of the molecule is CC1(C)CC1Cn1c(SCC(=O)O)nnc1C1CC1. The van der Waals surface area contributed by atoms with Crippen molar-refractivity contribution in [2.24, 2.45) is 11.3 Å². The molecule has 2 fully saturated rings. The predicted molar refractivity (Wildman–Crippen MR) is 72.2 cm³/mol. The van der Waals surface area contributed by atoms with E-state index in [4.69, 9.17) is 5.11 Å². The van der Waals surface area contributed by atoms with Gasteiger partial charge in [0.1, 0.15) is 5.82 Å². The number of carboxylic acid groups (broad SMARTS) is 1. The molecule has 19 heavy (non-hydrogen) atoms. The molecule has 1 unspecified atom stereocenters. The topological polar surface area (TPSA) is 68.0 Å². The molecule has 1 aromatic heterocycles. The first-order valence-corrected chi connectivity index (χ1v) is 7.73. The normalized spacial score (nSPS) is 24.4. The van der Waals surface area contributed by atoms with Gasteiger partial charge in [0, 0.05) is 12.5 Å². The number of carboxylic acids is 1. The Morgan fingerprint density at radius 1 is 1.47 bits per heavy atom. The van der Waals surface area contributed by atoms with Crippen LogP contribution in [-0.2, 0) is 11.3 Å². The zero-order valence-electron chi connectivity index (χ0n) is 11.3. The highest BCUT2D eigenvalue weighted by Gasteiger charge is 2.46. The van der Waals surface area contributed by atoms with Crippen LogP contribution < -0.4 is 0 Å². The molecule has 6 heteroatoms. The van der Waals surface area contributed by atoms with Crippen LogP contribution in [0.15, 0.2) is 5.16 Å². The van der Waals surface area contributed by atoms with Gasteiger partial charge in [0.25, 0.3) is 0 Å². The van der Waals surface area contributed by atoms with E-state index in [0.29, 0.717) is 17.3 Å². The Morgan fingerprint density at radius 2 is 2.16 bits per heavy atom. The van der Waals surface area contributed by atoms with E-state index >= 15 is 0 Å². The second-order valence-electron chi connectivity index (χ2n) is 6.30. The molecule has 0 bridgehead atoms. The third kappa shape index (κ3) is 2.78. The maximum absolute atomic E-state index is 10.7. The molecule has 2 aliphatic carbocycles. The number of thioether (sulfide) groups is 1. The Morgan fingerprint density at radius 3 is 2.68 bits per heavy atom. The van der Waals surface area contributed by atoms with Gasteiger partial charge in [-0.2, -0.15) is 0 Å². The molecule has 0 spiro atoms. The lowest BCUT2D eigenvalue weighted by molar-refractivity contribution is -0.133. The molecule has 104 valence electrons. The van der Waals surface area contributed by atoms with E-state index in [1.807, 2.05) is 0 Å². The van der Waals surface area contributed by atoms with Gasteiger partial charge in [0.15, 0.2) is 5.16 Å². The summed E-state index contributed by atoms with van der Waals surface area (Å²) in [6.07, 6.45) is 3.61. The van der Waals surface area contributed by atoms with Gasteiger partial charge in [-0.1, -0.05) is 25.6 Å². The number of carbonyl (C=O) groups is 1. The Bertz CT molecular complexity index is 508. The molecule has 3 rings (SSSR count). The summed E-state index contributed by atoms with van der Waals surface area (Å²) in [5, 5.41) is 18.0. The summed E-state index contributed by atoms with van der Waals surface area (Å²) >= 11 is 1.28. The van der Waals surface area contributed by atoms with E-state index in [0.717, 1.165) is 17.5 Å². The number of rotatable bonds is 6. The van der Waals surface area contributed by atoms with Crippen molar-refractivity contribution in [2.75, 3.05) is 5.75 Å². The molecule has 5 nitrogen and oxygen atoms in total. The lowest BCUT2D eigenvalue weighted by Gasteiger charge is -2.10. The Balaban J connectivity index is 1.77. The molecule has 1 aromatic rings. The molecular formula is C13H19N3O2S. The Labute approximate surface area is 116 Å². The maximum atomic E-state index is 10.7. The van der Waals surface area contributed by atoms with Crippen LogP contribution in [0, 0.1) is 11.3 Å². The van der Waals surface area contributed by atoms with Crippen LogP contribution in [0.1, 0.15) is 44.9 Å². The molecule has 0 aromatic carbocycles. The Hall–Kier alpha value is -1.04. The molecule has 0 aliphatic heterocycles. The molecular weight excluding hydrogens is 262 g/mol. The lowest BCUT2D eigenvalue weighted by Crippen LogP contribution is -2.09. The monoisotopic (exact) mass is 281 g/mol. The average Bonchev–Trinajstić information content (AvgIpc) is 3.20. The summed E-state index contributed by atoms with van der Waals surface area (Å²) in [4.78, 5) is 10.7. The first-order valence-electron chi connectivity index (χ1n) is 6.75. The van der Waals surface area contributed by atoms with Gasteiger partial charge in [-0.15, -0.1) is 10.2 Å². The molecule has 2 aliphatic rings. The number of nitrogens with zero attached hydrogens (tertiary/aromatic N) is 3. The van der Waals surface area contributed by atoms with Gasteiger partial charge in [0.05, 0.1) is 5.75 Å². The van der Waals surface area contributed by atoms with Crippen LogP contribution in [0.2, 0.25) is 0 Å². The standard InChI is InChI=1S/C13H19N3O2S/c1-13(2)5-9(13)6-16-11(8-3-4-8)14-15-12(16)19-7-10(17)18/h8-9H,3-7H2,1-2H3,(H,17,18). The minimum absolute atomic E-state index is 0.0524. The summed E-state index contributed by atoms with van der Waals surface area (Å²) in [6.45, 7) is 5.50. The fourth-order valence-corrected chi connectivity index (χ4v) is 3.13. The average molecular weight is 281 g/mol. The van der Waals surface area contributed by atoms with E-state index in [2.05, 4.69) is 28.6 Å². The second-order valence-corrected chi connectivity index (χ2v) is 7.24. The highest BCUT2D eigenvalue weighted by atomic mass is 32.2. The van der Waals surface area contributed by atoms with Crippen LogP contribution in [0.4, 0.5) is 0 Å². The fraction of sp³-hybridized carbons (Fsp3) is 0.769. The first kappa shape index (κ1) is 13.0. The molecule has 1 N–H and O–H groups in total. The number of aliphatic carboxylic acids is 1. The van der Waals surface area contributed by atoms with Crippen molar-refractivity contribution in [1.82, 2.24) is 14.8 Å². The van der Waals surface area contributed by atoms with Crippen molar-refractivity contribution in [2.45, 2.75) is 50.7 Å². The van der Waals surface area contributed by atoms with Crippen molar-refractivity contribution in [3.05, 3.63) is 5.82 Å². The highest BCUT2D eigenvalue weighted by Crippen LogP contribution is 2.53. The van der Waals surface area contributed by atoms with Gasteiger partial charge in [-0.05, 0) is 30.6 Å². The number of hydrogen-bond acceptors (Lipinski definition) is 4. The summed E-state index contributed by atoms with van der Waals surface area (Å²) in [7, 11) is 0. The fourth-order valence-electron chi connectivity index (χ4n) is 2.46. The smallest absolute Gasteiger partial charge is 0.313 e. The molecule has 0 radical (unpaired) electrons. The van der Waals surface area contributed by atoms with E-state index in [9.17, 15) is 4.79 Å². The summed E-state index contributed by atoms with van der Waals surface area (Å²) in [6, 6.07) is 0. The molecule has 1 atom stereocenters. The van der Waals surface area contributed by atoms with Gasteiger partial charge in [-0.25, -0.2) is 0 Å². The number of aromatic nitrogens is 3. The van der Waals surface area contributed by atoms with Gasteiger partial charge in [0.2, 0.25) is 0 Å². The summed E-state index contributed by atoms with van der Waals surface area (Å²) in [5.41, 5.74) is 0.416. The van der Waals surface area contributed by atoms with Gasteiger partial charge >= 0.3 is 5.97 Å². The van der Waals surface area contributed by atoms with Gasteiger partial charge < -0.3 is 9.67 Å². The molecule has 0 amide bonds. The molecule has 2 saturated carbocycles. The highest BCUT2D eigenvalue weighted by molar-refractivity contribution is 7.99. The quantitative estimate of drug-likeness (QED) is 0.811. The first-order chi connectivity index (χ1) is 8.97. The van der Waals surface area contributed by atoms with Crippen LogP contribution in [-0.4, -0.2) is 31.6 Å². The van der Waals surface area contributed by atoms with E-state index in [-0.39, 0.29) is 5.75 Å². The van der Waals surface area contributed by atoms with Crippen LogP contribution >= 0.6 is 11.8 Å². The van der Waals surface area contributed by atoms with E-state index in [1.165, 1.54) is 31.0 Å². The number of hydrogen-bond donors (Lipinski definition) is 1. The second kappa shape index (κ2) is 4.51. The Kier molecular flexibility index (Phi) is 3.08. The zero-order valence-corrected chi connectivity index (χ0v) is 12.1. The zero-order chi connectivity index (χ0) is 13.6. The molecule has 1 heterocycles. The predicted octanol–water partition coefficient (Wildman–Crippen LogP) is 2.38.